The quantitative estimate of drug-likeness (QED) is 0.359. The summed E-state index contributed by atoms with van der Waals surface area (Å²) >= 11 is 1.40. The number of H-pyrrole nitrogens is 1. The first-order chi connectivity index (χ1) is 15.7. The van der Waals surface area contributed by atoms with Crippen LogP contribution in [0, 0.1) is 0 Å². The van der Waals surface area contributed by atoms with Crippen molar-refractivity contribution in [2.24, 2.45) is 10.2 Å². The van der Waals surface area contributed by atoms with Gasteiger partial charge in [0.15, 0.2) is 5.69 Å². The van der Waals surface area contributed by atoms with Gasteiger partial charge in [0.25, 0.3) is 0 Å². The van der Waals surface area contributed by atoms with Crippen molar-refractivity contribution in [1.29, 1.82) is 0 Å². The summed E-state index contributed by atoms with van der Waals surface area (Å²) in [5.74, 6) is -0.151. The van der Waals surface area contributed by atoms with Crippen LogP contribution in [0.2, 0.25) is 0 Å². The number of aromatic amines is 1. The molecule has 1 amide bonds. The Morgan fingerprint density at radius 3 is 2.36 bits per heavy atom. The number of aromatic nitrogens is 3. The van der Waals surface area contributed by atoms with Gasteiger partial charge in [-0.15, -0.1) is 16.5 Å². The molecule has 33 heavy (non-hydrogen) atoms. The molecule has 0 spiro atoms. The summed E-state index contributed by atoms with van der Waals surface area (Å²) in [6.45, 7) is 7.68. The van der Waals surface area contributed by atoms with Crippen molar-refractivity contribution in [3.63, 3.8) is 0 Å². The summed E-state index contributed by atoms with van der Waals surface area (Å²) in [5, 5.41) is 16.9. The first-order valence-electron chi connectivity index (χ1n) is 10.4. The van der Waals surface area contributed by atoms with Gasteiger partial charge in [-0.3, -0.25) is 14.7 Å². The third-order valence-corrected chi connectivity index (χ3v) is 5.66. The number of hydrogen-bond donors (Lipinski definition) is 2. The van der Waals surface area contributed by atoms with Crippen LogP contribution >= 0.6 is 11.3 Å². The van der Waals surface area contributed by atoms with E-state index in [-0.39, 0.29) is 22.6 Å². The fraction of sp³-hybridized carbons (Fsp3) is 0.208. The molecule has 0 saturated heterocycles. The highest BCUT2D eigenvalue weighted by Gasteiger charge is 2.22. The first kappa shape index (κ1) is 22.3. The van der Waals surface area contributed by atoms with Crippen molar-refractivity contribution in [2.45, 2.75) is 33.1 Å². The van der Waals surface area contributed by atoms with Crippen LogP contribution in [0.25, 0.3) is 16.4 Å². The van der Waals surface area contributed by atoms with Crippen molar-refractivity contribution < 1.29 is 4.79 Å². The molecule has 2 heterocycles. The molecule has 0 atom stereocenters. The van der Waals surface area contributed by atoms with Crippen molar-refractivity contribution in [1.82, 2.24) is 14.8 Å². The molecule has 8 nitrogen and oxygen atoms in total. The molecule has 4 aromatic rings. The molecule has 0 aliphatic rings. The van der Waals surface area contributed by atoms with E-state index in [1.165, 1.54) is 22.9 Å². The Hall–Kier alpha value is -3.85. The maximum atomic E-state index is 13.3. The zero-order chi connectivity index (χ0) is 23.6. The summed E-state index contributed by atoms with van der Waals surface area (Å²) in [5.41, 5.74) is 3.24. The molecule has 0 saturated carbocycles. The van der Waals surface area contributed by atoms with Gasteiger partial charge in [0.05, 0.1) is 17.1 Å². The van der Waals surface area contributed by atoms with Crippen molar-refractivity contribution in [3.05, 3.63) is 76.0 Å². The number of azo groups is 1. The number of benzene rings is 2. The fourth-order valence-corrected chi connectivity index (χ4v) is 4.10. The van der Waals surface area contributed by atoms with Gasteiger partial charge in [-0.2, -0.15) is 9.80 Å². The smallest absolute Gasteiger partial charge is 0.301 e. The molecule has 0 aliphatic heterocycles. The van der Waals surface area contributed by atoms with Gasteiger partial charge in [0.1, 0.15) is 0 Å². The lowest BCUT2D eigenvalue weighted by molar-refractivity contribution is -0.114. The maximum Gasteiger partial charge on any atom is 0.301 e. The number of hydrogen-bond acceptors (Lipinski definition) is 6. The molecular weight excluding hydrogens is 436 g/mol. The Morgan fingerprint density at radius 2 is 1.76 bits per heavy atom. The van der Waals surface area contributed by atoms with Gasteiger partial charge in [-0.25, -0.2) is 4.98 Å². The molecule has 2 aromatic carbocycles. The van der Waals surface area contributed by atoms with Crippen LogP contribution in [-0.4, -0.2) is 20.7 Å². The molecule has 0 unspecified atom stereocenters. The molecule has 0 bridgehead atoms. The number of nitrogens with zero attached hydrogens (tertiary/aromatic N) is 4. The van der Waals surface area contributed by atoms with Gasteiger partial charge in [-0.1, -0.05) is 51.1 Å². The number of carbonyl (C=O) groups excluding carboxylic acids is 1. The number of nitrogens with one attached hydrogen (secondary N) is 2. The molecule has 0 fully saturated rings. The average molecular weight is 461 g/mol. The number of thiazole rings is 1. The maximum absolute atomic E-state index is 13.3. The monoisotopic (exact) mass is 460 g/mol. The molecule has 4 rings (SSSR count). The predicted octanol–water partition coefficient (Wildman–Crippen LogP) is 5.96. The second-order valence-corrected chi connectivity index (χ2v) is 9.37. The Bertz CT molecular complexity index is 1360. The van der Waals surface area contributed by atoms with E-state index in [4.69, 9.17) is 0 Å². The minimum atomic E-state index is -0.331. The summed E-state index contributed by atoms with van der Waals surface area (Å²) < 4.78 is 1.41. The topological polar surface area (TPSA) is 104 Å². The van der Waals surface area contributed by atoms with Crippen LogP contribution in [-0.2, 0) is 10.2 Å². The number of amides is 1. The number of rotatable bonds is 5. The third-order valence-electron chi connectivity index (χ3n) is 4.83. The second-order valence-electron chi connectivity index (χ2n) is 8.54. The lowest BCUT2D eigenvalue weighted by Crippen LogP contribution is -2.16. The van der Waals surface area contributed by atoms with E-state index in [1.807, 2.05) is 35.7 Å². The van der Waals surface area contributed by atoms with E-state index < -0.39 is 0 Å². The number of carbonyl (C=O) groups is 1. The van der Waals surface area contributed by atoms with E-state index >= 15 is 0 Å². The third kappa shape index (κ3) is 4.98. The van der Waals surface area contributed by atoms with E-state index in [2.05, 4.69) is 46.4 Å². The Kier molecular flexibility index (Phi) is 6.06. The summed E-state index contributed by atoms with van der Waals surface area (Å²) in [6.07, 6.45) is 0. The van der Waals surface area contributed by atoms with Crippen LogP contribution in [0.4, 0.5) is 17.1 Å². The van der Waals surface area contributed by atoms with Gasteiger partial charge in [-0.05, 0) is 24.3 Å². The lowest BCUT2D eigenvalue weighted by atomic mass is 9.93. The van der Waals surface area contributed by atoms with Crippen molar-refractivity contribution in [3.8, 4) is 16.4 Å². The summed E-state index contributed by atoms with van der Waals surface area (Å²) in [6, 6.07) is 16.4. The van der Waals surface area contributed by atoms with Gasteiger partial charge < -0.3 is 5.32 Å². The fourth-order valence-electron chi connectivity index (χ4n) is 3.10. The normalized spacial score (nSPS) is 11.8. The van der Waals surface area contributed by atoms with Crippen molar-refractivity contribution >= 4 is 34.3 Å². The Balaban J connectivity index is 1.75. The van der Waals surface area contributed by atoms with E-state index in [0.717, 1.165) is 11.3 Å². The summed E-state index contributed by atoms with van der Waals surface area (Å²) in [7, 11) is 0. The average Bonchev–Trinajstić information content (AvgIpc) is 3.39. The van der Waals surface area contributed by atoms with Crippen LogP contribution in [0.1, 0.15) is 33.4 Å². The highest BCUT2D eigenvalue weighted by Crippen LogP contribution is 2.30. The molecule has 0 radical (unpaired) electrons. The van der Waals surface area contributed by atoms with Crippen LogP contribution in [0.15, 0.2) is 75.0 Å². The Labute approximate surface area is 195 Å². The van der Waals surface area contributed by atoms with E-state index in [9.17, 15) is 9.59 Å². The molecule has 168 valence electrons. The van der Waals surface area contributed by atoms with Crippen LogP contribution in [0.5, 0.6) is 0 Å². The first-order valence-corrected chi connectivity index (χ1v) is 11.3. The van der Waals surface area contributed by atoms with Gasteiger partial charge in [0.2, 0.25) is 11.0 Å². The summed E-state index contributed by atoms with van der Waals surface area (Å²) in [4.78, 5) is 29.2. The Morgan fingerprint density at radius 1 is 1.06 bits per heavy atom. The highest BCUT2D eigenvalue weighted by atomic mass is 32.1. The van der Waals surface area contributed by atoms with Gasteiger partial charge in [0, 0.05) is 29.0 Å². The largest absolute Gasteiger partial charge is 0.326 e. The second kappa shape index (κ2) is 8.95. The predicted molar refractivity (Wildman–Crippen MR) is 131 cm³/mol. The molecular formula is C24H24N6O2S. The molecule has 9 heteroatoms. The molecule has 2 N–H and O–H groups in total. The van der Waals surface area contributed by atoms with Crippen LogP contribution < -0.4 is 10.9 Å². The molecule has 2 aromatic heterocycles. The zero-order valence-electron chi connectivity index (χ0n) is 18.8. The SMILES string of the molecule is CC(=O)Nc1ccc(N=Nc2c(-c3ccccc3)[nH]n(-c3nc(C(C)(C)C)cs3)c2=O)cc1. The molecule has 0 aliphatic carbocycles. The zero-order valence-corrected chi connectivity index (χ0v) is 19.6. The van der Waals surface area contributed by atoms with Crippen molar-refractivity contribution in [2.75, 3.05) is 5.32 Å². The standard InChI is InChI=1S/C24H24N6O2S/c1-15(31)25-17-10-12-18(13-11-17)27-28-21-20(16-8-6-5-7-9-16)29-30(22(21)32)23-26-19(14-33-23)24(2,3)4/h5-14,29H,1-4H3,(H,25,31). The minimum absolute atomic E-state index is 0.126. The highest BCUT2D eigenvalue weighted by molar-refractivity contribution is 7.12. The lowest BCUT2D eigenvalue weighted by Gasteiger charge is -2.14. The minimum Gasteiger partial charge on any atom is -0.326 e. The van der Waals surface area contributed by atoms with Crippen LogP contribution in [0.3, 0.4) is 0 Å². The van der Waals surface area contributed by atoms with E-state index in [1.54, 1.807) is 24.3 Å². The van der Waals surface area contributed by atoms with E-state index in [0.29, 0.717) is 22.2 Å². The number of anilines is 1. The van der Waals surface area contributed by atoms with Gasteiger partial charge >= 0.3 is 5.56 Å².